The minimum Gasteiger partial charge on any atom is -0.327 e. The number of rotatable bonds is 4. The van der Waals surface area contributed by atoms with Gasteiger partial charge in [0, 0.05) is 24.8 Å². The van der Waals surface area contributed by atoms with Crippen LogP contribution in [0.2, 0.25) is 0 Å². The second-order valence-corrected chi connectivity index (χ2v) is 7.59. The van der Waals surface area contributed by atoms with Gasteiger partial charge < -0.3 is 11.1 Å². The van der Waals surface area contributed by atoms with Gasteiger partial charge in [-0.1, -0.05) is 56.3 Å². The smallest absolute Gasteiger partial charge is 0.238 e. The molecule has 1 unspecified atom stereocenters. The first-order chi connectivity index (χ1) is 11.9. The Morgan fingerprint density at radius 2 is 1.76 bits per heavy atom. The number of benzene rings is 2. The molecule has 0 saturated carbocycles. The van der Waals surface area contributed by atoms with E-state index >= 15 is 0 Å². The topological polar surface area (TPSA) is 58.4 Å². The summed E-state index contributed by atoms with van der Waals surface area (Å²) in [6.45, 7) is 6.49. The number of likely N-dealkylation sites (tertiary alicyclic amines) is 1. The Morgan fingerprint density at radius 1 is 1.12 bits per heavy atom. The molecule has 1 aliphatic rings. The molecule has 1 amide bonds. The van der Waals surface area contributed by atoms with Crippen molar-refractivity contribution < 1.29 is 4.79 Å². The Hall–Kier alpha value is -2.17. The molecule has 0 bridgehead atoms. The van der Waals surface area contributed by atoms with Gasteiger partial charge >= 0.3 is 0 Å². The first kappa shape index (κ1) is 17.6. The molecular weight excluding hydrogens is 310 g/mol. The van der Waals surface area contributed by atoms with E-state index in [2.05, 4.69) is 36.2 Å². The number of hydrogen-bond donors (Lipinski definition) is 2. The molecule has 0 aromatic heterocycles. The molecule has 1 fully saturated rings. The number of amides is 1. The van der Waals surface area contributed by atoms with E-state index in [-0.39, 0.29) is 17.4 Å². The van der Waals surface area contributed by atoms with Crippen molar-refractivity contribution in [2.24, 2.45) is 11.1 Å². The predicted molar refractivity (Wildman–Crippen MR) is 103 cm³/mol. The fourth-order valence-corrected chi connectivity index (χ4v) is 3.40. The number of anilines is 1. The van der Waals surface area contributed by atoms with E-state index in [1.165, 1.54) is 5.56 Å². The SMILES string of the molecule is CC1(C)CN(CC(=O)Nc2ccc(-c3ccccc3)cc2)CCC1N. The van der Waals surface area contributed by atoms with Crippen molar-refractivity contribution in [3.8, 4) is 11.1 Å². The Kier molecular flexibility index (Phi) is 5.21. The fourth-order valence-electron chi connectivity index (χ4n) is 3.40. The quantitative estimate of drug-likeness (QED) is 0.899. The Balaban J connectivity index is 1.56. The van der Waals surface area contributed by atoms with E-state index in [0.717, 1.165) is 30.8 Å². The molecule has 25 heavy (non-hydrogen) atoms. The lowest BCUT2D eigenvalue weighted by molar-refractivity contribution is -0.118. The summed E-state index contributed by atoms with van der Waals surface area (Å²) in [5, 5.41) is 2.99. The van der Waals surface area contributed by atoms with Gasteiger partial charge in [-0.2, -0.15) is 0 Å². The van der Waals surface area contributed by atoms with Crippen LogP contribution in [0.1, 0.15) is 20.3 Å². The molecule has 0 radical (unpaired) electrons. The maximum atomic E-state index is 12.3. The normalized spacial score (nSPS) is 20.2. The van der Waals surface area contributed by atoms with Gasteiger partial charge in [-0.25, -0.2) is 0 Å². The third kappa shape index (κ3) is 4.47. The van der Waals surface area contributed by atoms with Crippen LogP contribution in [0, 0.1) is 5.41 Å². The molecule has 1 aliphatic heterocycles. The van der Waals surface area contributed by atoms with Crippen molar-refractivity contribution in [3.63, 3.8) is 0 Å². The highest BCUT2D eigenvalue weighted by Crippen LogP contribution is 2.27. The molecule has 3 N–H and O–H groups in total. The highest BCUT2D eigenvalue weighted by Gasteiger charge is 2.33. The minimum atomic E-state index is 0.0266. The van der Waals surface area contributed by atoms with Crippen LogP contribution in [-0.2, 0) is 4.79 Å². The zero-order valence-electron chi connectivity index (χ0n) is 15.0. The van der Waals surface area contributed by atoms with Crippen molar-refractivity contribution in [1.29, 1.82) is 0 Å². The lowest BCUT2D eigenvalue weighted by atomic mass is 9.80. The Bertz CT molecular complexity index is 710. The van der Waals surface area contributed by atoms with Crippen molar-refractivity contribution in [1.82, 2.24) is 4.90 Å². The monoisotopic (exact) mass is 337 g/mol. The largest absolute Gasteiger partial charge is 0.327 e. The van der Waals surface area contributed by atoms with Gasteiger partial charge in [-0.15, -0.1) is 0 Å². The second kappa shape index (κ2) is 7.38. The first-order valence-electron chi connectivity index (χ1n) is 8.87. The summed E-state index contributed by atoms with van der Waals surface area (Å²) in [4.78, 5) is 14.5. The van der Waals surface area contributed by atoms with Gasteiger partial charge in [-0.05, 0) is 35.1 Å². The molecule has 4 nitrogen and oxygen atoms in total. The van der Waals surface area contributed by atoms with Gasteiger partial charge in [0.25, 0.3) is 0 Å². The zero-order valence-corrected chi connectivity index (χ0v) is 15.0. The third-order valence-corrected chi connectivity index (χ3v) is 5.03. The molecule has 2 aromatic carbocycles. The van der Waals surface area contributed by atoms with Crippen molar-refractivity contribution in [2.75, 3.05) is 25.0 Å². The van der Waals surface area contributed by atoms with Crippen LogP contribution in [0.25, 0.3) is 11.1 Å². The summed E-state index contributed by atoms with van der Waals surface area (Å²) in [5.74, 6) is 0.0266. The molecule has 0 aliphatic carbocycles. The van der Waals surface area contributed by atoms with E-state index in [1.54, 1.807) is 0 Å². The highest BCUT2D eigenvalue weighted by molar-refractivity contribution is 5.92. The van der Waals surface area contributed by atoms with Crippen LogP contribution in [-0.4, -0.2) is 36.5 Å². The molecule has 3 rings (SSSR count). The summed E-state index contributed by atoms with van der Waals surface area (Å²) in [5.41, 5.74) is 9.36. The second-order valence-electron chi connectivity index (χ2n) is 7.59. The van der Waals surface area contributed by atoms with Gasteiger partial charge in [0.15, 0.2) is 0 Å². The van der Waals surface area contributed by atoms with Gasteiger partial charge in [-0.3, -0.25) is 9.69 Å². The molecule has 1 saturated heterocycles. The predicted octanol–water partition coefficient (Wildman–Crippen LogP) is 3.35. The van der Waals surface area contributed by atoms with Crippen molar-refractivity contribution in [2.45, 2.75) is 26.3 Å². The van der Waals surface area contributed by atoms with Crippen LogP contribution in [0.4, 0.5) is 5.69 Å². The highest BCUT2D eigenvalue weighted by atomic mass is 16.2. The number of piperidine rings is 1. The minimum absolute atomic E-state index is 0.0266. The van der Waals surface area contributed by atoms with Gasteiger partial charge in [0.1, 0.15) is 0 Å². The van der Waals surface area contributed by atoms with E-state index in [4.69, 9.17) is 5.73 Å². The zero-order chi connectivity index (χ0) is 17.9. The average molecular weight is 337 g/mol. The van der Waals surface area contributed by atoms with Crippen LogP contribution in [0.15, 0.2) is 54.6 Å². The average Bonchev–Trinajstić information content (AvgIpc) is 2.59. The van der Waals surface area contributed by atoms with E-state index in [9.17, 15) is 4.79 Å². The molecule has 132 valence electrons. The maximum absolute atomic E-state index is 12.3. The van der Waals surface area contributed by atoms with E-state index < -0.39 is 0 Å². The molecule has 0 spiro atoms. The molecule has 2 aromatic rings. The fraction of sp³-hybridized carbons (Fsp3) is 0.381. The maximum Gasteiger partial charge on any atom is 0.238 e. The van der Waals surface area contributed by atoms with Gasteiger partial charge in [0.05, 0.1) is 6.54 Å². The number of carbonyl (C=O) groups is 1. The lowest BCUT2D eigenvalue weighted by Crippen LogP contribution is -2.53. The molecular formula is C21H27N3O. The number of carbonyl (C=O) groups excluding carboxylic acids is 1. The van der Waals surface area contributed by atoms with E-state index in [0.29, 0.717) is 6.54 Å². The number of nitrogens with zero attached hydrogens (tertiary/aromatic N) is 1. The Morgan fingerprint density at radius 3 is 2.40 bits per heavy atom. The summed E-state index contributed by atoms with van der Waals surface area (Å²) in [7, 11) is 0. The summed E-state index contributed by atoms with van der Waals surface area (Å²) in [6.07, 6.45) is 0.937. The summed E-state index contributed by atoms with van der Waals surface area (Å²) in [6, 6.07) is 18.4. The molecule has 4 heteroatoms. The summed E-state index contributed by atoms with van der Waals surface area (Å²) >= 11 is 0. The van der Waals surface area contributed by atoms with Crippen molar-refractivity contribution in [3.05, 3.63) is 54.6 Å². The number of hydrogen-bond acceptors (Lipinski definition) is 3. The first-order valence-corrected chi connectivity index (χ1v) is 8.87. The van der Waals surface area contributed by atoms with Crippen LogP contribution >= 0.6 is 0 Å². The van der Waals surface area contributed by atoms with Crippen LogP contribution < -0.4 is 11.1 Å². The third-order valence-electron chi connectivity index (χ3n) is 5.03. The lowest BCUT2D eigenvalue weighted by Gasteiger charge is -2.42. The number of nitrogens with two attached hydrogens (primary N) is 1. The van der Waals surface area contributed by atoms with Crippen molar-refractivity contribution >= 4 is 11.6 Å². The van der Waals surface area contributed by atoms with Crippen LogP contribution in [0.5, 0.6) is 0 Å². The van der Waals surface area contributed by atoms with Crippen LogP contribution in [0.3, 0.4) is 0 Å². The van der Waals surface area contributed by atoms with E-state index in [1.807, 2.05) is 42.5 Å². The standard InChI is InChI=1S/C21H27N3O/c1-21(2)15-24(13-12-19(21)22)14-20(25)23-18-10-8-17(9-11-18)16-6-4-3-5-7-16/h3-11,19H,12-15,22H2,1-2H3,(H,23,25). The molecule has 1 heterocycles. The number of nitrogens with one attached hydrogen (secondary N) is 1. The molecule has 1 atom stereocenters. The Labute approximate surface area is 150 Å². The van der Waals surface area contributed by atoms with Gasteiger partial charge in [0.2, 0.25) is 5.91 Å². The summed E-state index contributed by atoms with van der Waals surface area (Å²) < 4.78 is 0.